The Morgan fingerprint density at radius 1 is 1.50 bits per heavy atom. The van der Waals surface area contributed by atoms with E-state index in [0.717, 1.165) is 12.8 Å². The molecule has 0 spiro atoms. The molecule has 1 unspecified atom stereocenters. The van der Waals surface area contributed by atoms with E-state index in [1.807, 2.05) is 6.92 Å². The van der Waals surface area contributed by atoms with Gasteiger partial charge in [-0.3, -0.25) is 9.59 Å². The highest BCUT2D eigenvalue weighted by Gasteiger charge is 2.10. The molecule has 0 aliphatic carbocycles. The van der Waals surface area contributed by atoms with Crippen molar-refractivity contribution >= 4 is 23.5 Å². The SMILES string of the molecule is CCCCC(Cl)OC(=O)CNC(C)=O. The average molecular weight is 222 g/mol. The van der Waals surface area contributed by atoms with Crippen LogP contribution >= 0.6 is 11.6 Å². The first-order valence-electron chi connectivity index (χ1n) is 4.64. The highest BCUT2D eigenvalue weighted by atomic mass is 35.5. The molecule has 1 atom stereocenters. The van der Waals surface area contributed by atoms with Crippen molar-refractivity contribution in [2.45, 2.75) is 38.7 Å². The van der Waals surface area contributed by atoms with Gasteiger partial charge in [0.2, 0.25) is 5.91 Å². The second kappa shape index (κ2) is 7.62. The molecule has 0 radical (unpaired) electrons. The lowest BCUT2D eigenvalue weighted by Crippen LogP contribution is -2.29. The minimum Gasteiger partial charge on any atom is -0.445 e. The third kappa shape index (κ3) is 7.86. The summed E-state index contributed by atoms with van der Waals surface area (Å²) in [4.78, 5) is 21.5. The van der Waals surface area contributed by atoms with Crippen molar-refractivity contribution < 1.29 is 14.3 Å². The fourth-order valence-electron chi connectivity index (χ4n) is 0.804. The number of alkyl halides is 1. The number of amides is 1. The van der Waals surface area contributed by atoms with Gasteiger partial charge in [0.15, 0.2) is 5.56 Å². The second-order valence-electron chi connectivity index (χ2n) is 2.95. The Morgan fingerprint density at radius 3 is 2.64 bits per heavy atom. The minimum atomic E-state index is -0.587. The van der Waals surface area contributed by atoms with Crippen LogP contribution in [0.15, 0.2) is 0 Å². The van der Waals surface area contributed by atoms with Crippen LogP contribution in [0.25, 0.3) is 0 Å². The number of esters is 1. The van der Waals surface area contributed by atoms with Crippen molar-refractivity contribution in [1.29, 1.82) is 0 Å². The maximum Gasteiger partial charge on any atom is 0.326 e. The Hall–Kier alpha value is -0.770. The van der Waals surface area contributed by atoms with Crippen LogP contribution in [0, 0.1) is 0 Å². The Bertz CT molecular complexity index is 196. The van der Waals surface area contributed by atoms with Crippen molar-refractivity contribution in [3.05, 3.63) is 0 Å². The Balaban J connectivity index is 3.55. The van der Waals surface area contributed by atoms with E-state index in [4.69, 9.17) is 16.3 Å². The number of ether oxygens (including phenoxy) is 1. The highest BCUT2D eigenvalue weighted by molar-refractivity contribution is 6.20. The first kappa shape index (κ1) is 13.2. The highest BCUT2D eigenvalue weighted by Crippen LogP contribution is 2.08. The van der Waals surface area contributed by atoms with Crippen molar-refractivity contribution in [1.82, 2.24) is 5.32 Å². The molecule has 1 N–H and O–H groups in total. The topological polar surface area (TPSA) is 55.4 Å². The zero-order chi connectivity index (χ0) is 11.0. The molecule has 0 aliphatic heterocycles. The molecule has 0 saturated carbocycles. The molecule has 0 aromatic rings. The number of halogens is 1. The van der Waals surface area contributed by atoms with E-state index in [1.165, 1.54) is 6.92 Å². The van der Waals surface area contributed by atoms with Gasteiger partial charge in [-0.05, 0) is 12.8 Å². The van der Waals surface area contributed by atoms with E-state index < -0.39 is 11.5 Å². The Morgan fingerprint density at radius 2 is 2.14 bits per heavy atom. The third-order valence-corrected chi connectivity index (χ3v) is 1.83. The summed E-state index contributed by atoms with van der Waals surface area (Å²) in [7, 11) is 0. The fourth-order valence-corrected chi connectivity index (χ4v) is 1.06. The van der Waals surface area contributed by atoms with Crippen molar-refractivity contribution in [3.63, 3.8) is 0 Å². The normalized spacial score (nSPS) is 11.9. The van der Waals surface area contributed by atoms with E-state index >= 15 is 0 Å². The summed E-state index contributed by atoms with van der Waals surface area (Å²) in [5, 5.41) is 2.33. The molecular weight excluding hydrogens is 206 g/mol. The van der Waals surface area contributed by atoms with Gasteiger partial charge in [0, 0.05) is 6.92 Å². The average Bonchev–Trinajstić information content (AvgIpc) is 2.11. The number of nitrogens with one attached hydrogen (secondary N) is 1. The summed E-state index contributed by atoms with van der Waals surface area (Å²) >= 11 is 5.71. The van der Waals surface area contributed by atoms with Gasteiger partial charge in [-0.15, -0.1) is 0 Å². The minimum absolute atomic E-state index is 0.120. The number of carbonyl (C=O) groups is 2. The lowest BCUT2D eigenvalue weighted by molar-refractivity contribution is -0.145. The number of unbranched alkanes of at least 4 members (excludes halogenated alkanes) is 1. The molecule has 82 valence electrons. The lowest BCUT2D eigenvalue weighted by Gasteiger charge is -2.10. The van der Waals surface area contributed by atoms with Gasteiger partial charge >= 0.3 is 5.97 Å². The third-order valence-electron chi connectivity index (χ3n) is 1.53. The van der Waals surface area contributed by atoms with E-state index in [-0.39, 0.29) is 12.5 Å². The van der Waals surface area contributed by atoms with Crippen LogP contribution in [-0.4, -0.2) is 24.0 Å². The maximum absolute atomic E-state index is 11.0. The predicted molar refractivity (Wildman–Crippen MR) is 53.9 cm³/mol. The van der Waals surface area contributed by atoms with Crippen LogP contribution < -0.4 is 5.32 Å². The van der Waals surface area contributed by atoms with Crippen LogP contribution in [0.4, 0.5) is 0 Å². The van der Waals surface area contributed by atoms with Gasteiger partial charge in [-0.25, -0.2) is 0 Å². The molecule has 1 amide bonds. The number of carbonyl (C=O) groups excluding carboxylic acids is 2. The number of hydrogen-bond acceptors (Lipinski definition) is 3. The monoisotopic (exact) mass is 221 g/mol. The first-order valence-corrected chi connectivity index (χ1v) is 5.08. The largest absolute Gasteiger partial charge is 0.445 e. The van der Waals surface area contributed by atoms with Crippen LogP contribution in [0.3, 0.4) is 0 Å². The van der Waals surface area contributed by atoms with Crippen LogP contribution in [-0.2, 0) is 14.3 Å². The maximum atomic E-state index is 11.0. The predicted octanol–water partition coefficient (Wildman–Crippen LogP) is 1.42. The molecule has 0 rings (SSSR count). The van der Waals surface area contributed by atoms with Crippen molar-refractivity contribution in [3.8, 4) is 0 Å². The summed E-state index contributed by atoms with van der Waals surface area (Å²) in [6.07, 6.45) is 2.57. The first-order chi connectivity index (χ1) is 6.56. The molecule has 0 aromatic heterocycles. The molecule has 0 bridgehead atoms. The van der Waals surface area contributed by atoms with Crippen LogP contribution in [0.2, 0.25) is 0 Å². The standard InChI is InChI=1S/C9H16ClNO3/c1-3-4-5-8(10)14-9(13)6-11-7(2)12/h8H,3-6H2,1-2H3,(H,11,12). The molecule has 0 aliphatic rings. The molecule has 0 fully saturated rings. The molecule has 4 nitrogen and oxygen atoms in total. The van der Waals surface area contributed by atoms with E-state index in [2.05, 4.69) is 5.32 Å². The molecule has 14 heavy (non-hydrogen) atoms. The summed E-state index contributed by atoms with van der Waals surface area (Å²) in [6, 6.07) is 0. The van der Waals surface area contributed by atoms with E-state index in [1.54, 1.807) is 0 Å². The van der Waals surface area contributed by atoms with Crippen LogP contribution in [0.5, 0.6) is 0 Å². The summed E-state index contributed by atoms with van der Waals surface area (Å²) < 4.78 is 4.81. The Kier molecular flexibility index (Phi) is 7.20. The van der Waals surface area contributed by atoms with E-state index in [9.17, 15) is 9.59 Å². The van der Waals surface area contributed by atoms with Gasteiger partial charge in [-0.2, -0.15) is 0 Å². The summed E-state index contributed by atoms with van der Waals surface area (Å²) in [5.74, 6) is -0.766. The smallest absolute Gasteiger partial charge is 0.326 e. The summed E-state index contributed by atoms with van der Waals surface area (Å²) in [6.45, 7) is 3.25. The van der Waals surface area contributed by atoms with Gasteiger partial charge in [-0.1, -0.05) is 24.9 Å². The number of rotatable bonds is 6. The van der Waals surface area contributed by atoms with Crippen molar-refractivity contribution in [2.75, 3.05) is 6.54 Å². The van der Waals surface area contributed by atoms with Gasteiger partial charge in [0.1, 0.15) is 6.54 Å². The quantitative estimate of drug-likeness (QED) is 0.545. The van der Waals surface area contributed by atoms with E-state index in [0.29, 0.717) is 6.42 Å². The van der Waals surface area contributed by atoms with Gasteiger partial charge < -0.3 is 10.1 Å². The summed E-state index contributed by atoms with van der Waals surface area (Å²) in [5.41, 5.74) is -0.587. The Labute approximate surface area is 88.9 Å². The molecule has 0 aromatic carbocycles. The molecule has 5 heteroatoms. The van der Waals surface area contributed by atoms with Crippen LogP contribution in [0.1, 0.15) is 33.1 Å². The zero-order valence-electron chi connectivity index (χ0n) is 8.51. The zero-order valence-corrected chi connectivity index (χ0v) is 9.26. The van der Waals surface area contributed by atoms with Crippen molar-refractivity contribution in [2.24, 2.45) is 0 Å². The molecule has 0 heterocycles. The van der Waals surface area contributed by atoms with Gasteiger partial charge in [0.25, 0.3) is 0 Å². The lowest BCUT2D eigenvalue weighted by atomic mass is 10.3. The fraction of sp³-hybridized carbons (Fsp3) is 0.778. The second-order valence-corrected chi connectivity index (χ2v) is 3.44. The van der Waals surface area contributed by atoms with Gasteiger partial charge in [0.05, 0.1) is 0 Å². The molecule has 0 saturated heterocycles. The molecular formula is C9H16ClNO3. The number of hydrogen-bond donors (Lipinski definition) is 1.